The molecule has 0 saturated carbocycles. The molecule has 33 heavy (non-hydrogen) atoms. The van der Waals surface area contributed by atoms with Crippen molar-refractivity contribution in [2.75, 3.05) is 26.7 Å². The van der Waals surface area contributed by atoms with Crippen molar-refractivity contribution in [3.8, 4) is 5.88 Å². The van der Waals surface area contributed by atoms with Gasteiger partial charge in [-0.3, -0.25) is 14.6 Å². The van der Waals surface area contributed by atoms with E-state index in [4.69, 9.17) is 4.74 Å². The van der Waals surface area contributed by atoms with Gasteiger partial charge in [0.05, 0.1) is 25.6 Å². The third-order valence-electron chi connectivity index (χ3n) is 5.84. The normalized spacial score (nSPS) is 19.4. The minimum Gasteiger partial charge on any atom is -0.472 e. The number of amides is 2. The van der Waals surface area contributed by atoms with Gasteiger partial charge in [-0.15, -0.1) is 0 Å². The van der Waals surface area contributed by atoms with E-state index in [9.17, 15) is 14.7 Å². The van der Waals surface area contributed by atoms with Crippen LogP contribution in [0.15, 0.2) is 42.7 Å². The number of aliphatic hydroxyl groups is 1. The summed E-state index contributed by atoms with van der Waals surface area (Å²) in [5.74, 6) is -0.154. The number of aromatic nitrogens is 2. The van der Waals surface area contributed by atoms with Crippen molar-refractivity contribution < 1.29 is 19.4 Å². The van der Waals surface area contributed by atoms with Crippen molar-refractivity contribution in [2.24, 2.45) is 5.92 Å². The van der Waals surface area contributed by atoms with Gasteiger partial charge in [0.1, 0.15) is 11.7 Å². The Morgan fingerprint density at radius 3 is 2.85 bits per heavy atom. The number of aliphatic hydroxyl groups excluding tert-OH is 1. The third-order valence-corrected chi connectivity index (χ3v) is 5.84. The molecule has 176 valence electrons. The highest BCUT2D eigenvalue weighted by Gasteiger charge is 2.34. The second-order valence-corrected chi connectivity index (χ2v) is 8.52. The minimum absolute atomic E-state index is 0.0696. The molecule has 0 aliphatic carbocycles. The number of pyridine rings is 2. The van der Waals surface area contributed by atoms with E-state index in [-0.39, 0.29) is 48.8 Å². The number of hydrogen-bond donors (Lipinski definition) is 1. The maximum atomic E-state index is 13.3. The molecule has 3 atom stereocenters. The highest BCUT2D eigenvalue weighted by molar-refractivity contribution is 5.97. The maximum absolute atomic E-state index is 13.3. The number of nitrogens with zero attached hydrogens (tertiary/aromatic N) is 4. The second-order valence-electron chi connectivity index (χ2n) is 8.52. The summed E-state index contributed by atoms with van der Waals surface area (Å²) < 4.78 is 6.23. The quantitative estimate of drug-likeness (QED) is 0.693. The molecule has 0 spiro atoms. The molecule has 2 aromatic rings. The number of ether oxygens (including phenoxy) is 1. The second kappa shape index (κ2) is 11.0. The largest absolute Gasteiger partial charge is 0.472 e. The molecule has 0 bridgehead atoms. The van der Waals surface area contributed by atoms with Crippen LogP contribution in [-0.4, -0.2) is 75.6 Å². The molecule has 0 aromatic carbocycles. The van der Waals surface area contributed by atoms with Crippen LogP contribution >= 0.6 is 0 Å². The predicted molar refractivity (Wildman–Crippen MR) is 126 cm³/mol. The smallest absolute Gasteiger partial charge is 0.259 e. The number of rotatable bonds is 7. The molecule has 0 saturated heterocycles. The van der Waals surface area contributed by atoms with E-state index >= 15 is 0 Å². The third kappa shape index (κ3) is 5.96. The minimum atomic E-state index is -0.386. The molecule has 0 fully saturated rings. The first-order chi connectivity index (χ1) is 15.8. The summed E-state index contributed by atoms with van der Waals surface area (Å²) in [7, 11) is 1.74. The van der Waals surface area contributed by atoms with Gasteiger partial charge in [0.15, 0.2) is 0 Å². The Kier molecular flexibility index (Phi) is 8.16. The van der Waals surface area contributed by atoms with Crippen molar-refractivity contribution >= 4 is 17.9 Å². The van der Waals surface area contributed by atoms with Gasteiger partial charge in [0.2, 0.25) is 11.8 Å². The van der Waals surface area contributed by atoms with E-state index in [0.29, 0.717) is 24.3 Å². The molecule has 2 aromatic heterocycles. The average molecular weight is 453 g/mol. The molecule has 1 N–H and O–H groups in total. The van der Waals surface area contributed by atoms with Crippen LogP contribution in [0.2, 0.25) is 0 Å². The van der Waals surface area contributed by atoms with Crippen molar-refractivity contribution in [1.29, 1.82) is 0 Å². The molecular formula is C25H32N4O4. The summed E-state index contributed by atoms with van der Waals surface area (Å²) in [5.41, 5.74) is 1.85. The molecule has 1 aliphatic rings. The fourth-order valence-corrected chi connectivity index (χ4v) is 3.78. The lowest BCUT2D eigenvalue weighted by Gasteiger charge is -2.37. The van der Waals surface area contributed by atoms with Gasteiger partial charge < -0.3 is 19.6 Å². The van der Waals surface area contributed by atoms with E-state index in [1.807, 2.05) is 51.1 Å². The lowest BCUT2D eigenvalue weighted by molar-refractivity contribution is -0.130. The van der Waals surface area contributed by atoms with Crippen LogP contribution in [0.5, 0.6) is 5.88 Å². The van der Waals surface area contributed by atoms with Crippen LogP contribution in [0.1, 0.15) is 42.4 Å². The van der Waals surface area contributed by atoms with Crippen molar-refractivity contribution in [1.82, 2.24) is 19.8 Å². The Bertz CT molecular complexity index is 995. The van der Waals surface area contributed by atoms with Gasteiger partial charge in [0.25, 0.3) is 5.91 Å². The first kappa shape index (κ1) is 24.4. The predicted octanol–water partition coefficient (Wildman–Crippen LogP) is 2.43. The summed E-state index contributed by atoms with van der Waals surface area (Å²) in [5, 5.41) is 9.75. The molecule has 0 radical (unpaired) electrons. The average Bonchev–Trinajstić information content (AvgIpc) is 2.82. The molecule has 1 aliphatic heterocycles. The number of hydrogen-bond acceptors (Lipinski definition) is 6. The van der Waals surface area contributed by atoms with Crippen molar-refractivity contribution in [2.45, 2.75) is 39.3 Å². The summed E-state index contributed by atoms with van der Waals surface area (Å²) >= 11 is 0. The molecule has 8 nitrogen and oxygen atoms in total. The molecule has 3 rings (SSSR count). The monoisotopic (exact) mass is 452 g/mol. The molecule has 3 heterocycles. The van der Waals surface area contributed by atoms with E-state index in [1.54, 1.807) is 35.3 Å². The SMILES string of the molecule is CC=Cc1cnc2c(c1)C(=O)N([C@@H](C)CO)C[C@H](C)[C@H](CN(C)C(=O)Cc1ccccn1)O2. The summed E-state index contributed by atoms with van der Waals surface area (Å²) in [4.78, 5) is 38.1. The Hall–Kier alpha value is -3.26. The van der Waals surface area contributed by atoms with Crippen molar-refractivity contribution in [3.63, 3.8) is 0 Å². The fourth-order valence-electron chi connectivity index (χ4n) is 3.78. The molecular weight excluding hydrogens is 420 g/mol. The van der Waals surface area contributed by atoms with E-state index in [1.165, 1.54) is 0 Å². The van der Waals surface area contributed by atoms with Gasteiger partial charge in [-0.2, -0.15) is 0 Å². The van der Waals surface area contributed by atoms with Crippen LogP contribution in [0.3, 0.4) is 0 Å². The zero-order valence-corrected chi connectivity index (χ0v) is 19.6. The Morgan fingerprint density at radius 1 is 1.39 bits per heavy atom. The number of likely N-dealkylation sites (N-methyl/N-ethyl adjacent to an activating group) is 1. The van der Waals surface area contributed by atoms with Crippen LogP contribution in [0, 0.1) is 5.92 Å². The van der Waals surface area contributed by atoms with Crippen LogP contribution < -0.4 is 4.74 Å². The lowest BCUT2D eigenvalue weighted by atomic mass is 9.99. The Morgan fingerprint density at radius 2 is 2.18 bits per heavy atom. The number of carbonyl (C=O) groups is 2. The van der Waals surface area contributed by atoms with Crippen LogP contribution in [0.4, 0.5) is 0 Å². The maximum Gasteiger partial charge on any atom is 0.259 e. The van der Waals surface area contributed by atoms with Crippen molar-refractivity contribution in [3.05, 3.63) is 59.6 Å². The van der Waals surface area contributed by atoms with Gasteiger partial charge in [-0.25, -0.2) is 4.98 Å². The first-order valence-corrected chi connectivity index (χ1v) is 11.2. The molecule has 0 unspecified atom stereocenters. The van der Waals surface area contributed by atoms with E-state index < -0.39 is 0 Å². The van der Waals surface area contributed by atoms with E-state index in [0.717, 1.165) is 5.56 Å². The highest BCUT2D eigenvalue weighted by Crippen LogP contribution is 2.27. The molecule has 8 heteroatoms. The number of carbonyl (C=O) groups excluding carboxylic acids is 2. The number of fused-ring (bicyclic) bond motifs is 1. The summed E-state index contributed by atoms with van der Waals surface area (Å²) in [6.07, 6.45) is 6.88. The molecule has 2 amide bonds. The zero-order valence-electron chi connectivity index (χ0n) is 19.6. The fraction of sp³-hybridized carbons (Fsp3) is 0.440. The zero-order chi connectivity index (χ0) is 24.0. The summed E-state index contributed by atoms with van der Waals surface area (Å²) in [6, 6.07) is 6.89. The van der Waals surface area contributed by atoms with Gasteiger partial charge in [-0.1, -0.05) is 25.1 Å². The van der Waals surface area contributed by atoms with E-state index in [2.05, 4.69) is 9.97 Å². The Labute approximate surface area is 194 Å². The number of allylic oxidation sites excluding steroid dienone is 1. The highest BCUT2D eigenvalue weighted by atomic mass is 16.5. The van der Waals surface area contributed by atoms with Gasteiger partial charge >= 0.3 is 0 Å². The van der Waals surface area contributed by atoms with Gasteiger partial charge in [0, 0.05) is 37.6 Å². The van der Waals surface area contributed by atoms with Crippen LogP contribution in [0.25, 0.3) is 6.08 Å². The summed E-state index contributed by atoms with van der Waals surface area (Å²) in [6.45, 7) is 6.26. The first-order valence-electron chi connectivity index (χ1n) is 11.2. The van der Waals surface area contributed by atoms with Crippen LogP contribution in [-0.2, 0) is 11.2 Å². The standard InChI is InChI=1S/C25H32N4O4/c1-5-8-19-11-21-24(27-13-19)33-22(17(2)14-29(25(21)32)18(3)16-30)15-28(4)23(31)12-20-9-6-7-10-26-20/h5-11,13,17-18,22,30H,12,14-16H2,1-4H3/t17-,18-,22-/m0/s1. The Balaban J connectivity index is 1.87. The lowest BCUT2D eigenvalue weighted by Crippen LogP contribution is -2.50. The van der Waals surface area contributed by atoms with Gasteiger partial charge in [-0.05, 0) is 37.6 Å². The topological polar surface area (TPSA) is 95.9 Å².